The van der Waals surface area contributed by atoms with Crippen molar-refractivity contribution in [2.75, 3.05) is 31.7 Å². The first kappa shape index (κ1) is 20.9. The highest BCUT2D eigenvalue weighted by atomic mass is 16.5. The Morgan fingerprint density at radius 2 is 1.81 bits per heavy atom. The lowest BCUT2D eigenvalue weighted by Gasteiger charge is -2.25. The largest absolute Gasteiger partial charge is 0.443 e. The molecule has 32 heavy (non-hydrogen) atoms. The minimum absolute atomic E-state index is 0.0973. The van der Waals surface area contributed by atoms with E-state index in [1.807, 2.05) is 17.8 Å². The average molecular weight is 441 g/mol. The van der Waals surface area contributed by atoms with Crippen LogP contribution < -0.4 is 10.6 Å². The Labute approximate surface area is 185 Å². The summed E-state index contributed by atoms with van der Waals surface area (Å²) in [7, 11) is 0. The fourth-order valence-electron chi connectivity index (χ4n) is 4.22. The summed E-state index contributed by atoms with van der Waals surface area (Å²) in [6.45, 7) is 5.53. The van der Waals surface area contributed by atoms with E-state index in [2.05, 4.69) is 25.7 Å². The number of rotatable bonds is 6. The first-order valence-corrected chi connectivity index (χ1v) is 11.3. The molecule has 1 amide bonds. The Balaban J connectivity index is 1.45. The lowest BCUT2D eigenvalue weighted by molar-refractivity contribution is 0.0694. The molecule has 2 saturated heterocycles. The van der Waals surface area contributed by atoms with E-state index in [1.165, 1.54) is 6.26 Å². The standard InChI is InChI=1S/C22H28N6O4/c1-2-28-20-16(12-24-28)19(25-14-3-7-30-8-4-14)17(11-23-20)22-27-18(13-32-22)21(29)26-15-5-9-31-10-6-15/h11-15H,2-10H2,1H3,(H,23,25)(H,26,29). The van der Waals surface area contributed by atoms with E-state index in [0.717, 1.165) is 62.2 Å². The van der Waals surface area contributed by atoms with Crippen molar-refractivity contribution in [3.8, 4) is 11.5 Å². The molecule has 5 heterocycles. The minimum atomic E-state index is -0.237. The molecule has 0 spiro atoms. The lowest BCUT2D eigenvalue weighted by atomic mass is 10.1. The zero-order valence-electron chi connectivity index (χ0n) is 18.2. The summed E-state index contributed by atoms with van der Waals surface area (Å²) in [5.41, 5.74) is 2.65. The van der Waals surface area contributed by atoms with Gasteiger partial charge in [0.1, 0.15) is 6.26 Å². The summed E-state index contributed by atoms with van der Waals surface area (Å²) in [6.07, 6.45) is 8.39. The number of amides is 1. The number of ether oxygens (including phenoxy) is 2. The van der Waals surface area contributed by atoms with Gasteiger partial charge in [0.15, 0.2) is 11.3 Å². The van der Waals surface area contributed by atoms with E-state index in [0.29, 0.717) is 24.7 Å². The predicted octanol–water partition coefficient (Wildman–Crippen LogP) is 2.61. The number of hydrogen-bond donors (Lipinski definition) is 2. The number of hydrogen-bond acceptors (Lipinski definition) is 8. The molecular weight excluding hydrogens is 412 g/mol. The van der Waals surface area contributed by atoms with E-state index >= 15 is 0 Å². The highest BCUT2D eigenvalue weighted by Gasteiger charge is 2.24. The van der Waals surface area contributed by atoms with Gasteiger partial charge in [-0.05, 0) is 32.6 Å². The number of carbonyl (C=O) groups is 1. The van der Waals surface area contributed by atoms with Crippen LogP contribution in [0.25, 0.3) is 22.5 Å². The smallest absolute Gasteiger partial charge is 0.273 e. The van der Waals surface area contributed by atoms with Crippen molar-refractivity contribution in [2.24, 2.45) is 0 Å². The van der Waals surface area contributed by atoms with Gasteiger partial charge in [-0.2, -0.15) is 5.10 Å². The third-order valence-electron chi connectivity index (χ3n) is 6.06. The first-order chi connectivity index (χ1) is 15.7. The number of fused-ring (bicyclic) bond motifs is 1. The molecular formula is C22H28N6O4. The molecule has 2 aliphatic rings. The molecule has 0 saturated carbocycles. The van der Waals surface area contributed by atoms with Crippen LogP contribution in [0.4, 0.5) is 5.69 Å². The molecule has 0 radical (unpaired) electrons. The molecule has 3 aromatic heterocycles. The Kier molecular flexibility index (Phi) is 6.04. The lowest BCUT2D eigenvalue weighted by Crippen LogP contribution is -2.39. The summed E-state index contributed by atoms with van der Waals surface area (Å²) >= 11 is 0. The summed E-state index contributed by atoms with van der Waals surface area (Å²) < 4.78 is 18.5. The minimum Gasteiger partial charge on any atom is -0.443 e. The van der Waals surface area contributed by atoms with Crippen LogP contribution in [0.2, 0.25) is 0 Å². The molecule has 170 valence electrons. The number of nitrogens with zero attached hydrogens (tertiary/aromatic N) is 4. The van der Waals surface area contributed by atoms with Crippen LogP contribution in [0.5, 0.6) is 0 Å². The van der Waals surface area contributed by atoms with Crippen molar-refractivity contribution in [1.29, 1.82) is 0 Å². The fourth-order valence-corrected chi connectivity index (χ4v) is 4.22. The zero-order chi connectivity index (χ0) is 21.9. The number of pyridine rings is 1. The second-order valence-corrected chi connectivity index (χ2v) is 8.17. The maximum absolute atomic E-state index is 12.7. The van der Waals surface area contributed by atoms with Crippen LogP contribution in [0.3, 0.4) is 0 Å². The van der Waals surface area contributed by atoms with E-state index in [1.54, 1.807) is 6.20 Å². The maximum atomic E-state index is 12.7. The van der Waals surface area contributed by atoms with Gasteiger partial charge in [-0.15, -0.1) is 0 Å². The van der Waals surface area contributed by atoms with Gasteiger partial charge in [-0.3, -0.25) is 4.79 Å². The Hall–Kier alpha value is -2.98. The predicted molar refractivity (Wildman–Crippen MR) is 117 cm³/mol. The van der Waals surface area contributed by atoms with Gasteiger partial charge in [0.2, 0.25) is 5.89 Å². The van der Waals surface area contributed by atoms with Crippen molar-refractivity contribution in [1.82, 2.24) is 25.1 Å². The first-order valence-electron chi connectivity index (χ1n) is 11.3. The number of oxazole rings is 1. The zero-order valence-corrected chi connectivity index (χ0v) is 18.2. The van der Waals surface area contributed by atoms with Crippen LogP contribution in [0, 0.1) is 0 Å². The molecule has 10 heteroatoms. The van der Waals surface area contributed by atoms with Gasteiger partial charge in [0.05, 0.1) is 22.8 Å². The van der Waals surface area contributed by atoms with Crippen molar-refractivity contribution in [3.05, 3.63) is 24.4 Å². The van der Waals surface area contributed by atoms with Gasteiger partial charge in [-0.25, -0.2) is 14.6 Å². The molecule has 2 fully saturated rings. The van der Waals surface area contributed by atoms with Crippen LogP contribution >= 0.6 is 0 Å². The number of aromatic nitrogens is 4. The molecule has 0 unspecified atom stereocenters. The summed E-state index contributed by atoms with van der Waals surface area (Å²) in [5, 5.41) is 12.0. The van der Waals surface area contributed by atoms with Gasteiger partial charge >= 0.3 is 0 Å². The third-order valence-corrected chi connectivity index (χ3v) is 6.06. The quantitative estimate of drug-likeness (QED) is 0.601. The maximum Gasteiger partial charge on any atom is 0.273 e. The Bertz CT molecular complexity index is 1080. The van der Waals surface area contributed by atoms with Crippen LogP contribution in [0.15, 0.2) is 23.1 Å². The van der Waals surface area contributed by atoms with Gasteiger partial charge in [0.25, 0.3) is 5.91 Å². The van der Waals surface area contributed by atoms with Crippen LogP contribution in [-0.4, -0.2) is 64.2 Å². The average Bonchev–Trinajstić information content (AvgIpc) is 3.48. The highest BCUT2D eigenvalue weighted by Crippen LogP contribution is 2.34. The molecule has 5 rings (SSSR count). The molecule has 2 N–H and O–H groups in total. The molecule has 0 bridgehead atoms. The monoisotopic (exact) mass is 440 g/mol. The number of aryl methyl sites for hydroxylation is 1. The van der Waals surface area contributed by atoms with E-state index in [9.17, 15) is 4.79 Å². The van der Waals surface area contributed by atoms with E-state index in [-0.39, 0.29) is 23.7 Å². The molecule has 10 nitrogen and oxygen atoms in total. The summed E-state index contributed by atoms with van der Waals surface area (Å²) in [4.78, 5) is 21.8. The molecule has 0 aromatic carbocycles. The summed E-state index contributed by atoms with van der Waals surface area (Å²) in [5.74, 6) is 0.119. The molecule has 0 aliphatic carbocycles. The molecule has 0 atom stereocenters. The molecule has 3 aromatic rings. The van der Waals surface area contributed by atoms with E-state index in [4.69, 9.17) is 13.9 Å². The van der Waals surface area contributed by atoms with Crippen LogP contribution in [0.1, 0.15) is 43.1 Å². The van der Waals surface area contributed by atoms with Crippen molar-refractivity contribution in [2.45, 2.75) is 51.2 Å². The number of anilines is 1. The number of carbonyl (C=O) groups excluding carboxylic acids is 1. The van der Waals surface area contributed by atoms with Crippen molar-refractivity contribution < 1.29 is 18.7 Å². The van der Waals surface area contributed by atoms with Crippen molar-refractivity contribution >= 4 is 22.6 Å². The summed E-state index contributed by atoms with van der Waals surface area (Å²) in [6, 6.07) is 0.365. The van der Waals surface area contributed by atoms with Crippen LogP contribution in [-0.2, 0) is 16.0 Å². The normalized spacial score (nSPS) is 18.2. The van der Waals surface area contributed by atoms with Crippen molar-refractivity contribution in [3.63, 3.8) is 0 Å². The SMILES string of the molecule is CCn1ncc2c(NC3CCOCC3)c(-c3nc(C(=O)NC4CCOCC4)co3)cnc21. The van der Waals surface area contributed by atoms with E-state index < -0.39 is 0 Å². The third kappa shape index (κ3) is 4.20. The second-order valence-electron chi connectivity index (χ2n) is 8.17. The highest BCUT2D eigenvalue weighted by molar-refractivity contribution is 5.97. The topological polar surface area (TPSA) is 116 Å². The van der Waals surface area contributed by atoms with Gasteiger partial charge in [-0.1, -0.05) is 0 Å². The Morgan fingerprint density at radius 1 is 1.09 bits per heavy atom. The van der Waals surface area contributed by atoms with Gasteiger partial charge in [0, 0.05) is 51.3 Å². The Morgan fingerprint density at radius 3 is 2.53 bits per heavy atom. The number of nitrogens with one attached hydrogen (secondary N) is 2. The second kappa shape index (κ2) is 9.25. The molecule has 2 aliphatic heterocycles. The van der Waals surface area contributed by atoms with Gasteiger partial charge < -0.3 is 24.5 Å². The fraction of sp³-hybridized carbons (Fsp3) is 0.545.